The molecule has 84 valence electrons. The maximum atomic E-state index is 4.37. The summed E-state index contributed by atoms with van der Waals surface area (Å²) in [5.41, 5.74) is 1.67. The highest BCUT2D eigenvalue weighted by Crippen LogP contribution is 2.45. The van der Waals surface area contributed by atoms with Crippen molar-refractivity contribution in [2.24, 2.45) is 12.5 Å². The van der Waals surface area contributed by atoms with E-state index in [4.69, 9.17) is 0 Å². The molecule has 0 aliphatic heterocycles. The molecule has 0 spiro atoms. The van der Waals surface area contributed by atoms with Gasteiger partial charge in [0.1, 0.15) is 0 Å². The summed E-state index contributed by atoms with van der Waals surface area (Å²) in [5.74, 6) is 1.22. The van der Waals surface area contributed by atoms with Crippen molar-refractivity contribution in [3.8, 4) is 0 Å². The molecule has 1 aliphatic carbocycles. The standard InChI is InChI=1S/C11H17BrN2S/c1-9-6-10(14(2)13-9)15-8-11(7-12)4-3-5-11/h6H,3-5,7-8H2,1-2H3. The molecule has 0 atom stereocenters. The van der Waals surface area contributed by atoms with Gasteiger partial charge in [-0.05, 0) is 31.2 Å². The average Bonchev–Trinajstić information content (AvgIpc) is 2.44. The second-order valence-corrected chi connectivity index (χ2v) is 6.08. The molecule has 0 saturated heterocycles. The number of hydrogen-bond donors (Lipinski definition) is 0. The lowest BCUT2D eigenvalue weighted by molar-refractivity contribution is 0.206. The topological polar surface area (TPSA) is 17.8 Å². The molecule has 2 nitrogen and oxygen atoms in total. The fourth-order valence-electron chi connectivity index (χ4n) is 1.94. The Bertz CT molecular complexity index is 339. The first-order chi connectivity index (χ1) is 7.15. The Morgan fingerprint density at radius 2 is 2.33 bits per heavy atom. The molecule has 1 saturated carbocycles. The van der Waals surface area contributed by atoms with E-state index in [9.17, 15) is 0 Å². The van der Waals surface area contributed by atoms with Gasteiger partial charge in [-0.25, -0.2) is 0 Å². The van der Waals surface area contributed by atoms with Crippen molar-refractivity contribution < 1.29 is 0 Å². The minimum absolute atomic E-state index is 0.558. The molecule has 0 bridgehead atoms. The molecule has 1 aromatic rings. The molecule has 0 amide bonds. The van der Waals surface area contributed by atoms with Gasteiger partial charge >= 0.3 is 0 Å². The van der Waals surface area contributed by atoms with Crippen molar-refractivity contribution in [3.05, 3.63) is 11.8 Å². The van der Waals surface area contributed by atoms with Crippen LogP contribution in [0.15, 0.2) is 11.1 Å². The van der Waals surface area contributed by atoms with Crippen molar-refractivity contribution in [1.29, 1.82) is 0 Å². The third kappa shape index (κ3) is 2.41. The highest BCUT2D eigenvalue weighted by atomic mass is 79.9. The first-order valence-electron chi connectivity index (χ1n) is 5.35. The molecular weight excluding hydrogens is 272 g/mol. The molecular formula is C11H17BrN2S. The van der Waals surface area contributed by atoms with Crippen LogP contribution in [0.5, 0.6) is 0 Å². The maximum Gasteiger partial charge on any atom is 0.0939 e. The number of halogens is 1. The van der Waals surface area contributed by atoms with E-state index in [0.717, 1.165) is 11.0 Å². The zero-order chi connectivity index (χ0) is 10.9. The summed E-state index contributed by atoms with van der Waals surface area (Å²) in [6.07, 6.45) is 4.15. The van der Waals surface area contributed by atoms with E-state index in [0.29, 0.717) is 5.41 Å². The van der Waals surface area contributed by atoms with Crippen LogP contribution >= 0.6 is 27.7 Å². The number of thioether (sulfide) groups is 1. The fourth-order valence-corrected chi connectivity index (χ4v) is 4.29. The summed E-state index contributed by atoms with van der Waals surface area (Å²) in [7, 11) is 2.02. The van der Waals surface area contributed by atoms with Crippen LogP contribution in [-0.4, -0.2) is 20.9 Å². The second kappa shape index (κ2) is 4.50. The summed E-state index contributed by atoms with van der Waals surface area (Å²) < 4.78 is 1.99. The first-order valence-corrected chi connectivity index (χ1v) is 7.45. The molecule has 1 heterocycles. The van der Waals surface area contributed by atoms with Gasteiger partial charge in [0.15, 0.2) is 0 Å². The van der Waals surface area contributed by atoms with Crippen molar-refractivity contribution in [2.45, 2.75) is 31.2 Å². The quantitative estimate of drug-likeness (QED) is 0.624. The van der Waals surface area contributed by atoms with Gasteiger partial charge in [-0.2, -0.15) is 5.10 Å². The molecule has 0 N–H and O–H groups in total. The summed E-state index contributed by atoms with van der Waals surface area (Å²) in [6.45, 7) is 2.05. The van der Waals surface area contributed by atoms with E-state index < -0.39 is 0 Å². The highest BCUT2D eigenvalue weighted by Gasteiger charge is 2.35. The van der Waals surface area contributed by atoms with Crippen LogP contribution < -0.4 is 0 Å². The average molecular weight is 289 g/mol. The van der Waals surface area contributed by atoms with E-state index in [-0.39, 0.29) is 0 Å². The third-order valence-electron chi connectivity index (χ3n) is 3.18. The molecule has 1 fully saturated rings. The number of rotatable bonds is 4. The lowest BCUT2D eigenvalue weighted by Crippen LogP contribution is -2.33. The summed E-state index contributed by atoms with van der Waals surface area (Å²) in [4.78, 5) is 0. The Balaban J connectivity index is 1.95. The molecule has 2 rings (SSSR count). The number of hydrogen-bond acceptors (Lipinski definition) is 2. The van der Waals surface area contributed by atoms with Crippen LogP contribution in [0, 0.1) is 12.3 Å². The lowest BCUT2D eigenvalue weighted by Gasteiger charge is -2.40. The Hall–Kier alpha value is 0.0400. The van der Waals surface area contributed by atoms with Crippen molar-refractivity contribution in [2.75, 3.05) is 11.1 Å². The van der Waals surface area contributed by atoms with Crippen LogP contribution in [0.2, 0.25) is 0 Å². The molecule has 0 unspecified atom stereocenters. The zero-order valence-corrected chi connectivity index (χ0v) is 11.7. The van der Waals surface area contributed by atoms with Crippen LogP contribution in [0.1, 0.15) is 25.0 Å². The largest absolute Gasteiger partial charge is 0.262 e. The van der Waals surface area contributed by atoms with Crippen LogP contribution in [0.4, 0.5) is 0 Å². The summed E-state index contributed by atoms with van der Waals surface area (Å²) in [5, 5.41) is 6.80. The smallest absolute Gasteiger partial charge is 0.0939 e. The van der Waals surface area contributed by atoms with Gasteiger partial charge in [0.25, 0.3) is 0 Å². The summed E-state index contributed by atoms with van der Waals surface area (Å²) >= 11 is 5.59. The minimum Gasteiger partial charge on any atom is -0.262 e. The van der Waals surface area contributed by atoms with Gasteiger partial charge in [0.05, 0.1) is 10.7 Å². The monoisotopic (exact) mass is 288 g/mol. The van der Waals surface area contributed by atoms with Crippen LogP contribution in [0.25, 0.3) is 0 Å². The predicted octanol–water partition coefficient (Wildman–Crippen LogP) is 3.39. The van der Waals surface area contributed by atoms with Gasteiger partial charge in [0, 0.05) is 18.1 Å². The first kappa shape index (κ1) is 11.5. The van der Waals surface area contributed by atoms with Crippen molar-refractivity contribution in [1.82, 2.24) is 9.78 Å². The number of nitrogens with zero attached hydrogens (tertiary/aromatic N) is 2. The normalized spacial score (nSPS) is 18.9. The SMILES string of the molecule is Cc1cc(SCC2(CBr)CCC2)n(C)n1. The van der Waals surface area contributed by atoms with Gasteiger partial charge in [0.2, 0.25) is 0 Å². The molecule has 0 aromatic carbocycles. The predicted molar refractivity (Wildman–Crippen MR) is 68.7 cm³/mol. The molecule has 15 heavy (non-hydrogen) atoms. The number of aryl methyl sites for hydroxylation is 2. The van der Waals surface area contributed by atoms with E-state index in [1.807, 2.05) is 30.4 Å². The van der Waals surface area contributed by atoms with Gasteiger partial charge in [-0.3, -0.25) is 4.68 Å². The van der Waals surface area contributed by atoms with E-state index in [1.54, 1.807) is 0 Å². The second-order valence-electron chi connectivity index (χ2n) is 4.52. The number of aromatic nitrogens is 2. The van der Waals surface area contributed by atoms with Crippen molar-refractivity contribution >= 4 is 27.7 Å². The minimum atomic E-state index is 0.558. The van der Waals surface area contributed by atoms with Crippen LogP contribution in [0.3, 0.4) is 0 Å². The van der Waals surface area contributed by atoms with Crippen LogP contribution in [-0.2, 0) is 7.05 Å². The third-order valence-corrected chi connectivity index (χ3v) is 5.81. The van der Waals surface area contributed by atoms with E-state index in [1.165, 1.54) is 30.0 Å². The van der Waals surface area contributed by atoms with Crippen molar-refractivity contribution in [3.63, 3.8) is 0 Å². The van der Waals surface area contributed by atoms with Gasteiger partial charge in [-0.15, -0.1) is 11.8 Å². The maximum absolute atomic E-state index is 4.37. The Morgan fingerprint density at radius 1 is 1.60 bits per heavy atom. The fraction of sp³-hybridized carbons (Fsp3) is 0.727. The van der Waals surface area contributed by atoms with E-state index in [2.05, 4.69) is 27.1 Å². The Labute approximate surface area is 104 Å². The molecule has 1 aliphatic rings. The van der Waals surface area contributed by atoms with Gasteiger partial charge < -0.3 is 0 Å². The summed E-state index contributed by atoms with van der Waals surface area (Å²) in [6, 6.07) is 2.17. The number of alkyl halides is 1. The zero-order valence-electron chi connectivity index (χ0n) is 9.29. The van der Waals surface area contributed by atoms with E-state index >= 15 is 0 Å². The van der Waals surface area contributed by atoms with Gasteiger partial charge in [-0.1, -0.05) is 22.4 Å². The highest BCUT2D eigenvalue weighted by molar-refractivity contribution is 9.09. The molecule has 1 aromatic heterocycles. The Kier molecular flexibility index (Phi) is 3.45. The Morgan fingerprint density at radius 3 is 2.73 bits per heavy atom. The molecule has 4 heteroatoms. The lowest BCUT2D eigenvalue weighted by atomic mass is 9.72. The molecule has 0 radical (unpaired) electrons.